The number of thioether (sulfide) groups is 1. The summed E-state index contributed by atoms with van der Waals surface area (Å²) >= 11 is 1.02. The first-order chi connectivity index (χ1) is 10.6. The van der Waals surface area contributed by atoms with Gasteiger partial charge in [0.25, 0.3) is 5.91 Å². The zero-order valence-corrected chi connectivity index (χ0v) is 12.2. The van der Waals surface area contributed by atoms with Crippen molar-refractivity contribution in [1.29, 1.82) is 0 Å². The Hall–Kier alpha value is -2.42. The summed E-state index contributed by atoms with van der Waals surface area (Å²) in [5.41, 5.74) is 6.71. The molecule has 1 aromatic rings. The van der Waals surface area contributed by atoms with Crippen LogP contribution < -0.4 is 16.3 Å². The minimum Gasteiger partial charge on any atom is -0.273 e. The molecule has 1 aromatic carbocycles. The fraction of sp³-hybridized carbons (Fsp3) is 0.231. The van der Waals surface area contributed by atoms with Crippen LogP contribution in [0.15, 0.2) is 34.3 Å². The minimum absolute atomic E-state index is 0.0512. The topological polar surface area (TPSA) is 99.7 Å². The van der Waals surface area contributed by atoms with E-state index in [4.69, 9.17) is 0 Å². The van der Waals surface area contributed by atoms with Gasteiger partial charge in [0.2, 0.25) is 11.8 Å². The fourth-order valence-corrected chi connectivity index (χ4v) is 2.32. The lowest BCUT2D eigenvalue weighted by atomic mass is 10.2. The highest BCUT2D eigenvalue weighted by atomic mass is 32.2. The molecule has 3 amide bonds. The Morgan fingerprint density at radius 1 is 1.27 bits per heavy atom. The number of benzene rings is 1. The Bertz CT molecular complexity index is 635. The zero-order chi connectivity index (χ0) is 15.9. The lowest BCUT2D eigenvalue weighted by molar-refractivity contribution is -0.124. The summed E-state index contributed by atoms with van der Waals surface area (Å²) in [7, 11) is 0. The summed E-state index contributed by atoms with van der Waals surface area (Å²) in [6.45, 7) is 0. The van der Waals surface area contributed by atoms with Crippen molar-refractivity contribution in [3.8, 4) is 0 Å². The van der Waals surface area contributed by atoms with Gasteiger partial charge >= 0.3 is 0 Å². The molecule has 0 aliphatic carbocycles. The second-order valence-corrected chi connectivity index (χ2v) is 5.33. The average molecular weight is 324 g/mol. The number of amides is 3. The van der Waals surface area contributed by atoms with E-state index < -0.39 is 17.6 Å². The molecule has 0 spiro atoms. The van der Waals surface area contributed by atoms with Crippen LogP contribution in [0.2, 0.25) is 0 Å². The van der Waals surface area contributed by atoms with Crippen molar-refractivity contribution < 1.29 is 18.8 Å². The number of carbonyl (C=O) groups excluding carboxylic acids is 3. The third-order valence-electron chi connectivity index (χ3n) is 2.68. The van der Waals surface area contributed by atoms with E-state index >= 15 is 0 Å². The smallest absolute Gasteiger partial charge is 0.273 e. The third-order valence-corrected chi connectivity index (χ3v) is 3.73. The maximum atomic E-state index is 13.4. The number of halogens is 1. The van der Waals surface area contributed by atoms with Crippen LogP contribution in [-0.4, -0.2) is 29.2 Å². The predicted molar refractivity (Wildman–Crippen MR) is 78.2 cm³/mol. The summed E-state index contributed by atoms with van der Waals surface area (Å²) in [6.07, 6.45) is 0.376. The molecule has 1 heterocycles. The highest BCUT2D eigenvalue weighted by molar-refractivity contribution is 8.00. The number of rotatable bonds is 4. The molecule has 0 saturated heterocycles. The molecule has 0 saturated carbocycles. The molecule has 0 radical (unpaired) electrons. The summed E-state index contributed by atoms with van der Waals surface area (Å²) in [5.74, 6) is -1.80. The first-order valence-corrected chi connectivity index (χ1v) is 7.36. The van der Waals surface area contributed by atoms with Crippen LogP contribution in [0.25, 0.3) is 0 Å². The first-order valence-electron chi connectivity index (χ1n) is 6.38. The summed E-state index contributed by atoms with van der Waals surface area (Å²) in [6, 6.07) is 6.09. The van der Waals surface area contributed by atoms with E-state index in [0.29, 0.717) is 4.90 Å². The lowest BCUT2D eigenvalue weighted by Crippen LogP contribution is -2.47. The van der Waals surface area contributed by atoms with Gasteiger partial charge in [-0.1, -0.05) is 12.1 Å². The van der Waals surface area contributed by atoms with E-state index in [1.165, 1.54) is 6.07 Å². The highest BCUT2D eigenvalue weighted by Crippen LogP contribution is 2.20. The van der Waals surface area contributed by atoms with Crippen LogP contribution in [-0.2, 0) is 14.4 Å². The maximum Gasteiger partial charge on any atom is 0.285 e. The van der Waals surface area contributed by atoms with Crippen molar-refractivity contribution >= 4 is 35.2 Å². The quantitative estimate of drug-likeness (QED) is 0.549. The van der Waals surface area contributed by atoms with Gasteiger partial charge in [0.1, 0.15) is 11.5 Å². The molecule has 7 nitrogen and oxygen atoms in total. The largest absolute Gasteiger partial charge is 0.285 e. The van der Waals surface area contributed by atoms with E-state index in [0.717, 1.165) is 11.8 Å². The number of carbonyl (C=O) groups is 3. The molecular formula is C13H13FN4O3S. The molecule has 0 aromatic heterocycles. The van der Waals surface area contributed by atoms with Crippen LogP contribution in [0, 0.1) is 5.82 Å². The molecule has 1 aliphatic heterocycles. The van der Waals surface area contributed by atoms with Gasteiger partial charge in [-0.15, -0.1) is 11.8 Å². The molecule has 0 bridgehead atoms. The number of nitrogens with zero attached hydrogens (tertiary/aromatic N) is 1. The average Bonchev–Trinajstić information content (AvgIpc) is 2.52. The molecular weight excluding hydrogens is 311 g/mol. The summed E-state index contributed by atoms with van der Waals surface area (Å²) in [4.78, 5) is 34.5. The standard InChI is InChI=1S/C13H13FN4O3S/c14-8-3-1-2-4-10(8)22-7-12(20)17-18-13(21)9-5-6-11(19)16-15-9/h1-4H,5-7H2,(H,16,19)(H,17,20)(H,18,21). The Labute approximate surface area is 129 Å². The lowest BCUT2D eigenvalue weighted by Gasteiger charge is -2.12. The van der Waals surface area contributed by atoms with Crippen LogP contribution in [0.3, 0.4) is 0 Å². The van der Waals surface area contributed by atoms with E-state index in [1.807, 2.05) is 0 Å². The number of nitrogens with one attached hydrogen (secondary N) is 3. The Kier molecular flexibility index (Phi) is 5.48. The van der Waals surface area contributed by atoms with Crippen LogP contribution in [0.4, 0.5) is 4.39 Å². The summed E-state index contributed by atoms with van der Waals surface area (Å²) in [5, 5.41) is 3.59. The Balaban J connectivity index is 1.75. The van der Waals surface area contributed by atoms with Crippen LogP contribution in [0.5, 0.6) is 0 Å². The SMILES string of the molecule is O=C1CCC(C(=O)NNC(=O)CSc2ccccc2F)=NN1. The predicted octanol–water partition coefficient (Wildman–Crippen LogP) is 0.331. The van der Waals surface area contributed by atoms with Gasteiger partial charge in [-0.3, -0.25) is 25.2 Å². The second kappa shape index (κ2) is 7.55. The van der Waals surface area contributed by atoms with Gasteiger partial charge < -0.3 is 0 Å². The Morgan fingerprint density at radius 2 is 2.05 bits per heavy atom. The van der Waals surface area contributed by atoms with Gasteiger partial charge in [-0.2, -0.15) is 5.10 Å². The molecule has 0 atom stereocenters. The molecule has 9 heteroatoms. The van der Waals surface area contributed by atoms with Crippen molar-refractivity contribution in [2.45, 2.75) is 17.7 Å². The van der Waals surface area contributed by atoms with Gasteiger partial charge in [-0.05, 0) is 12.1 Å². The number of hydrogen-bond acceptors (Lipinski definition) is 5. The number of hydrazine groups is 1. The number of hydrazone groups is 1. The third kappa shape index (κ3) is 4.55. The first kappa shape index (κ1) is 16.0. The maximum absolute atomic E-state index is 13.4. The zero-order valence-electron chi connectivity index (χ0n) is 11.4. The van der Waals surface area contributed by atoms with E-state index in [-0.39, 0.29) is 30.2 Å². The molecule has 22 heavy (non-hydrogen) atoms. The van der Waals surface area contributed by atoms with Gasteiger partial charge in [0, 0.05) is 17.7 Å². The van der Waals surface area contributed by atoms with Crippen molar-refractivity contribution in [3.05, 3.63) is 30.1 Å². The van der Waals surface area contributed by atoms with Gasteiger partial charge in [0.05, 0.1) is 5.75 Å². The van der Waals surface area contributed by atoms with Crippen LogP contribution in [0.1, 0.15) is 12.8 Å². The fourth-order valence-electron chi connectivity index (χ4n) is 1.58. The summed E-state index contributed by atoms with van der Waals surface area (Å²) < 4.78 is 13.4. The van der Waals surface area contributed by atoms with Gasteiger partial charge in [-0.25, -0.2) is 9.82 Å². The monoisotopic (exact) mass is 324 g/mol. The highest BCUT2D eigenvalue weighted by Gasteiger charge is 2.18. The number of hydrogen-bond donors (Lipinski definition) is 3. The molecule has 3 N–H and O–H groups in total. The molecule has 0 fully saturated rings. The molecule has 116 valence electrons. The van der Waals surface area contributed by atoms with Crippen molar-refractivity contribution in [2.75, 3.05) is 5.75 Å². The van der Waals surface area contributed by atoms with Crippen molar-refractivity contribution in [1.82, 2.24) is 16.3 Å². The van der Waals surface area contributed by atoms with Crippen molar-refractivity contribution in [2.24, 2.45) is 5.10 Å². The van der Waals surface area contributed by atoms with E-state index in [9.17, 15) is 18.8 Å². The van der Waals surface area contributed by atoms with Crippen LogP contribution >= 0.6 is 11.8 Å². The van der Waals surface area contributed by atoms with Gasteiger partial charge in [0.15, 0.2) is 0 Å². The van der Waals surface area contributed by atoms with Crippen molar-refractivity contribution in [3.63, 3.8) is 0 Å². The minimum atomic E-state index is -0.593. The molecule has 0 unspecified atom stereocenters. The van der Waals surface area contributed by atoms with E-state index in [1.54, 1.807) is 18.2 Å². The second-order valence-electron chi connectivity index (χ2n) is 4.31. The Morgan fingerprint density at radius 3 is 2.73 bits per heavy atom. The molecule has 2 rings (SSSR count). The molecule has 1 aliphatic rings. The van der Waals surface area contributed by atoms with E-state index in [2.05, 4.69) is 21.4 Å². The normalized spacial score (nSPS) is 13.9.